The summed E-state index contributed by atoms with van der Waals surface area (Å²) in [6.45, 7) is 2.07. The molecule has 2 heteroatoms. The first kappa shape index (κ1) is 9.53. The van der Waals surface area contributed by atoms with Gasteiger partial charge in [0.15, 0.2) is 0 Å². The van der Waals surface area contributed by atoms with E-state index in [0.29, 0.717) is 18.0 Å². The second kappa shape index (κ2) is 4.01. The summed E-state index contributed by atoms with van der Waals surface area (Å²) < 4.78 is 0. The van der Waals surface area contributed by atoms with Gasteiger partial charge in [0, 0.05) is 6.42 Å². The summed E-state index contributed by atoms with van der Waals surface area (Å²) in [5, 5.41) is 2.10. The SMILES string of the molecule is Cc1ccc(C2=CSCC(=O)C2)cc1. The Kier molecular flexibility index (Phi) is 2.73. The van der Waals surface area contributed by atoms with Crippen molar-refractivity contribution in [1.82, 2.24) is 0 Å². The minimum atomic E-state index is 0.327. The van der Waals surface area contributed by atoms with Crippen molar-refractivity contribution in [3.05, 3.63) is 40.8 Å². The average molecular weight is 204 g/mol. The fourth-order valence-electron chi connectivity index (χ4n) is 1.48. The first-order valence-electron chi connectivity index (χ1n) is 4.65. The summed E-state index contributed by atoms with van der Waals surface area (Å²) in [6, 6.07) is 8.33. The maximum Gasteiger partial charge on any atom is 0.147 e. The largest absolute Gasteiger partial charge is 0.298 e. The molecule has 0 saturated heterocycles. The zero-order chi connectivity index (χ0) is 9.97. The summed E-state index contributed by atoms with van der Waals surface area (Å²) in [6.07, 6.45) is 0.593. The average Bonchev–Trinajstić information content (AvgIpc) is 2.19. The summed E-state index contributed by atoms with van der Waals surface area (Å²) in [4.78, 5) is 11.3. The normalized spacial score (nSPS) is 16.6. The molecule has 0 fully saturated rings. The topological polar surface area (TPSA) is 17.1 Å². The van der Waals surface area contributed by atoms with E-state index in [1.165, 1.54) is 11.1 Å². The second-order valence-corrected chi connectivity index (χ2v) is 4.39. The second-order valence-electron chi connectivity index (χ2n) is 3.54. The van der Waals surface area contributed by atoms with Crippen molar-refractivity contribution >= 4 is 23.1 Å². The van der Waals surface area contributed by atoms with E-state index in [1.54, 1.807) is 11.8 Å². The monoisotopic (exact) mass is 204 g/mol. The Bertz CT molecular complexity index is 376. The minimum Gasteiger partial charge on any atom is -0.298 e. The van der Waals surface area contributed by atoms with Gasteiger partial charge in [-0.05, 0) is 23.5 Å². The van der Waals surface area contributed by atoms with E-state index in [0.717, 1.165) is 5.57 Å². The first-order chi connectivity index (χ1) is 6.75. The molecule has 0 unspecified atom stereocenters. The van der Waals surface area contributed by atoms with E-state index >= 15 is 0 Å². The van der Waals surface area contributed by atoms with Gasteiger partial charge < -0.3 is 0 Å². The fraction of sp³-hybridized carbons (Fsp3) is 0.250. The van der Waals surface area contributed by atoms with Crippen LogP contribution in [0.15, 0.2) is 29.7 Å². The molecule has 0 saturated carbocycles. The van der Waals surface area contributed by atoms with Gasteiger partial charge in [0.2, 0.25) is 0 Å². The molecule has 0 aliphatic carbocycles. The number of benzene rings is 1. The molecule has 0 bridgehead atoms. The lowest BCUT2D eigenvalue weighted by Crippen LogP contribution is -2.05. The smallest absolute Gasteiger partial charge is 0.147 e. The number of aryl methyl sites for hydroxylation is 1. The van der Waals surface area contributed by atoms with Gasteiger partial charge in [-0.2, -0.15) is 0 Å². The Balaban J connectivity index is 2.26. The Morgan fingerprint density at radius 1 is 1.21 bits per heavy atom. The van der Waals surface area contributed by atoms with E-state index in [1.807, 2.05) is 0 Å². The third-order valence-corrected chi connectivity index (χ3v) is 3.22. The van der Waals surface area contributed by atoms with Gasteiger partial charge in [0.05, 0.1) is 5.75 Å². The lowest BCUT2D eigenvalue weighted by atomic mass is 10.0. The Labute approximate surface area is 88.2 Å². The van der Waals surface area contributed by atoms with Gasteiger partial charge >= 0.3 is 0 Å². The molecule has 1 aliphatic rings. The highest BCUT2D eigenvalue weighted by Gasteiger charge is 2.12. The van der Waals surface area contributed by atoms with E-state index < -0.39 is 0 Å². The molecule has 0 atom stereocenters. The van der Waals surface area contributed by atoms with E-state index in [9.17, 15) is 4.79 Å². The third-order valence-electron chi connectivity index (χ3n) is 2.28. The number of hydrogen-bond acceptors (Lipinski definition) is 2. The minimum absolute atomic E-state index is 0.327. The lowest BCUT2D eigenvalue weighted by molar-refractivity contribution is -0.115. The predicted octanol–water partition coefficient (Wildman–Crippen LogP) is 3.04. The van der Waals surface area contributed by atoms with Crippen LogP contribution in [0.2, 0.25) is 0 Å². The zero-order valence-corrected chi connectivity index (χ0v) is 8.93. The van der Waals surface area contributed by atoms with Crippen molar-refractivity contribution in [3.8, 4) is 0 Å². The molecule has 1 aromatic rings. The summed E-state index contributed by atoms with van der Waals surface area (Å²) in [7, 11) is 0. The molecule has 0 radical (unpaired) electrons. The van der Waals surface area contributed by atoms with Crippen molar-refractivity contribution in [1.29, 1.82) is 0 Å². The standard InChI is InChI=1S/C12H12OS/c1-9-2-4-10(5-3-9)11-6-12(13)8-14-7-11/h2-5,7H,6,8H2,1H3. The van der Waals surface area contributed by atoms with Crippen LogP contribution in [0, 0.1) is 6.92 Å². The zero-order valence-electron chi connectivity index (χ0n) is 8.12. The predicted molar refractivity (Wildman–Crippen MR) is 61.2 cm³/mol. The number of Topliss-reactive ketones (excluding diaryl/α,β-unsaturated/α-hetero) is 1. The van der Waals surface area contributed by atoms with Crippen molar-refractivity contribution < 1.29 is 4.79 Å². The molecule has 0 N–H and O–H groups in total. The summed E-state index contributed by atoms with van der Waals surface area (Å²) in [5.41, 5.74) is 3.59. The van der Waals surface area contributed by atoms with Crippen molar-refractivity contribution in [2.75, 3.05) is 5.75 Å². The Morgan fingerprint density at radius 2 is 1.93 bits per heavy atom. The first-order valence-corrected chi connectivity index (χ1v) is 5.70. The molecule has 1 aromatic carbocycles. The summed E-state index contributed by atoms with van der Waals surface area (Å²) in [5.74, 6) is 0.961. The maximum atomic E-state index is 11.3. The van der Waals surface area contributed by atoms with Gasteiger partial charge in [-0.25, -0.2) is 0 Å². The number of hydrogen-bond donors (Lipinski definition) is 0. The number of carbonyl (C=O) groups excluding carboxylic acids is 1. The van der Waals surface area contributed by atoms with Crippen LogP contribution in [0.3, 0.4) is 0 Å². The Hall–Kier alpha value is -1.02. The molecule has 72 valence electrons. The van der Waals surface area contributed by atoms with Gasteiger partial charge in [-0.3, -0.25) is 4.79 Å². The number of allylic oxidation sites excluding steroid dienone is 1. The highest BCUT2D eigenvalue weighted by molar-refractivity contribution is 8.03. The van der Waals surface area contributed by atoms with Gasteiger partial charge in [0.25, 0.3) is 0 Å². The van der Waals surface area contributed by atoms with Crippen LogP contribution in [0.4, 0.5) is 0 Å². The molecule has 14 heavy (non-hydrogen) atoms. The van der Waals surface area contributed by atoms with E-state index in [-0.39, 0.29) is 0 Å². The fourth-order valence-corrected chi connectivity index (χ4v) is 2.27. The number of ketones is 1. The molecule has 0 amide bonds. The highest BCUT2D eigenvalue weighted by atomic mass is 32.2. The molecule has 0 aromatic heterocycles. The van der Waals surface area contributed by atoms with Crippen molar-refractivity contribution in [2.24, 2.45) is 0 Å². The molecule has 1 heterocycles. The van der Waals surface area contributed by atoms with Crippen LogP contribution in [0.5, 0.6) is 0 Å². The molecular weight excluding hydrogens is 192 g/mol. The molecule has 1 aliphatic heterocycles. The lowest BCUT2D eigenvalue weighted by Gasteiger charge is -2.11. The third kappa shape index (κ3) is 2.07. The maximum absolute atomic E-state index is 11.3. The highest BCUT2D eigenvalue weighted by Crippen LogP contribution is 2.27. The van der Waals surface area contributed by atoms with Gasteiger partial charge in [-0.15, -0.1) is 11.8 Å². The number of thioether (sulfide) groups is 1. The molecule has 2 rings (SSSR count). The van der Waals surface area contributed by atoms with Gasteiger partial charge in [-0.1, -0.05) is 29.8 Å². The van der Waals surface area contributed by atoms with Crippen LogP contribution < -0.4 is 0 Å². The Morgan fingerprint density at radius 3 is 2.57 bits per heavy atom. The van der Waals surface area contributed by atoms with Crippen LogP contribution in [0.1, 0.15) is 17.5 Å². The van der Waals surface area contributed by atoms with E-state index in [4.69, 9.17) is 0 Å². The van der Waals surface area contributed by atoms with Crippen molar-refractivity contribution in [3.63, 3.8) is 0 Å². The van der Waals surface area contributed by atoms with E-state index in [2.05, 4.69) is 36.6 Å². The van der Waals surface area contributed by atoms with Crippen LogP contribution in [-0.4, -0.2) is 11.5 Å². The van der Waals surface area contributed by atoms with Crippen LogP contribution in [-0.2, 0) is 4.79 Å². The van der Waals surface area contributed by atoms with Crippen LogP contribution >= 0.6 is 11.8 Å². The molecular formula is C12H12OS. The molecule has 1 nitrogen and oxygen atoms in total. The quantitative estimate of drug-likeness (QED) is 0.699. The number of carbonyl (C=O) groups is 1. The van der Waals surface area contributed by atoms with Crippen LogP contribution in [0.25, 0.3) is 5.57 Å². The van der Waals surface area contributed by atoms with Gasteiger partial charge in [0.1, 0.15) is 5.78 Å². The molecule has 0 spiro atoms. The summed E-state index contributed by atoms with van der Waals surface area (Å²) >= 11 is 1.60. The van der Waals surface area contributed by atoms with Crippen molar-refractivity contribution in [2.45, 2.75) is 13.3 Å². The number of rotatable bonds is 1.